The summed E-state index contributed by atoms with van der Waals surface area (Å²) in [6.07, 6.45) is 2.17. The van der Waals surface area contributed by atoms with Crippen molar-refractivity contribution in [2.45, 2.75) is 32.7 Å². The molecule has 1 aliphatic carbocycles. The van der Waals surface area contributed by atoms with Gasteiger partial charge in [0.2, 0.25) is 0 Å². The van der Waals surface area contributed by atoms with Gasteiger partial charge in [-0.15, -0.1) is 0 Å². The lowest BCUT2D eigenvalue weighted by atomic mass is 9.91. The molecule has 2 N–H and O–H groups in total. The molecule has 2 aromatic rings. The Morgan fingerprint density at radius 2 is 1.79 bits per heavy atom. The Morgan fingerprint density at radius 3 is 2.58 bits per heavy atom. The van der Waals surface area contributed by atoms with Crippen molar-refractivity contribution in [3.8, 4) is 11.1 Å². The fourth-order valence-corrected chi connectivity index (χ4v) is 2.95. The van der Waals surface area contributed by atoms with Crippen LogP contribution in [0.15, 0.2) is 42.5 Å². The average Bonchev–Trinajstić information content (AvgIpc) is 2.83. The van der Waals surface area contributed by atoms with Gasteiger partial charge < -0.3 is 5.73 Å². The maximum absolute atomic E-state index is 6.35. The predicted molar refractivity (Wildman–Crippen MR) is 81.1 cm³/mol. The molecule has 0 aliphatic heterocycles. The molecule has 1 unspecified atom stereocenters. The van der Waals surface area contributed by atoms with Gasteiger partial charge in [0.1, 0.15) is 0 Å². The number of fused-ring (bicyclic) bond motifs is 3. The summed E-state index contributed by atoms with van der Waals surface area (Å²) in [4.78, 5) is 0. The molecule has 0 fully saturated rings. The van der Waals surface area contributed by atoms with E-state index in [4.69, 9.17) is 5.73 Å². The minimum atomic E-state index is 0.152. The molecular weight excluding hydrogens is 230 g/mol. The van der Waals surface area contributed by atoms with Gasteiger partial charge in [-0.1, -0.05) is 62.7 Å². The largest absolute Gasteiger partial charge is 0.324 e. The first-order valence-electron chi connectivity index (χ1n) is 7.17. The van der Waals surface area contributed by atoms with Crippen molar-refractivity contribution in [1.29, 1.82) is 0 Å². The van der Waals surface area contributed by atoms with Gasteiger partial charge in [0, 0.05) is 6.04 Å². The second-order valence-corrected chi connectivity index (χ2v) is 5.66. The molecule has 0 saturated heterocycles. The molecule has 0 aromatic heterocycles. The van der Waals surface area contributed by atoms with Crippen molar-refractivity contribution in [1.82, 2.24) is 0 Å². The van der Waals surface area contributed by atoms with E-state index in [-0.39, 0.29) is 6.04 Å². The molecule has 1 heteroatoms. The number of hydrogen-bond acceptors (Lipinski definition) is 1. The first kappa shape index (κ1) is 12.4. The maximum atomic E-state index is 6.35. The van der Waals surface area contributed by atoms with Crippen LogP contribution in [-0.4, -0.2) is 0 Å². The molecule has 2 aromatic carbocycles. The van der Waals surface area contributed by atoms with E-state index in [1.807, 2.05) is 0 Å². The molecule has 0 heterocycles. The van der Waals surface area contributed by atoms with Gasteiger partial charge in [-0.25, -0.2) is 0 Å². The van der Waals surface area contributed by atoms with Crippen LogP contribution in [0.1, 0.15) is 43.0 Å². The van der Waals surface area contributed by atoms with E-state index < -0.39 is 0 Å². The third-order valence-corrected chi connectivity index (χ3v) is 4.46. The normalized spacial score (nSPS) is 15.7. The Labute approximate surface area is 115 Å². The van der Waals surface area contributed by atoms with Crippen LogP contribution in [0.2, 0.25) is 0 Å². The maximum Gasteiger partial charge on any atom is 0.0320 e. The lowest BCUT2D eigenvalue weighted by Gasteiger charge is -2.19. The summed E-state index contributed by atoms with van der Waals surface area (Å²) in [5, 5.41) is 0. The highest BCUT2D eigenvalue weighted by atomic mass is 14.6. The number of hydrogen-bond donors (Lipinski definition) is 1. The second kappa shape index (κ2) is 4.82. The van der Waals surface area contributed by atoms with E-state index in [0.717, 1.165) is 12.8 Å². The monoisotopic (exact) mass is 251 g/mol. The average molecular weight is 251 g/mol. The van der Waals surface area contributed by atoms with Gasteiger partial charge in [-0.05, 0) is 40.2 Å². The Morgan fingerprint density at radius 1 is 1.05 bits per heavy atom. The van der Waals surface area contributed by atoms with Crippen LogP contribution >= 0.6 is 0 Å². The van der Waals surface area contributed by atoms with Crippen molar-refractivity contribution in [3.05, 3.63) is 59.2 Å². The Bertz CT molecular complexity index is 600. The molecular formula is C18H21N. The van der Waals surface area contributed by atoms with Crippen molar-refractivity contribution >= 4 is 0 Å². The number of benzene rings is 2. The van der Waals surface area contributed by atoms with Gasteiger partial charge in [-0.2, -0.15) is 0 Å². The third kappa shape index (κ3) is 2.08. The molecule has 0 spiro atoms. The molecule has 0 radical (unpaired) electrons. The highest BCUT2D eigenvalue weighted by molar-refractivity contribution is 5.76. The van der Waals surface area contributed by atoms with Gasteiger partial charge in [-0.3, -0.25) is 0 Å². The van der Waals surface area contributed by atoms with E-state index >= 15 is 0 Å². The van der Waals surface area contributed by atoms with Crippen molar-refractivity contribution in [2.75, 3.05) is 0 Å². The Balaban J connectivity index is 1.98. The fourth-order valence-electron chi connectivity index (χ4n) is 2.95. The van der Waals surface area contributed by atoms with E-state index in [1.54, 1.807) is 0 Å². The van der Waals surface area contributed by atoms with E-state index in [2.05, 4.69) is 56.3 Å². The van der Waals surface area contributed by atoms with E-state index in [1.165, 1.54) is 27.8 Å². The van der Waals surface area contributed by atoms with E-state index in [0.29, 0.717) is 5.92 Å². The first-order chi connectivity index (χ1) is 9.20. The minimum Gasteiger partial charge on any atom is -0.324 e. The molecule has 98 valence electrons. The van der Waals surface area contributed by atoms with Crippen LogP contribution in [0.3, 0.4) is 0 Å². The van der Waals surface area contributed by atoms with Gasteiger partial charge in [0.25, 0.3) is 0 Å². The summed E-state index contributed by atoms with van der Waals surface area (Å²) >= 11 is 0. The SMILES string of the molecule is CCC(C)[C@@H](N)c1ccc2c(c1)Cc1ccccc1-2. The van der Waals surface area contributed by atoms with Gasteiger partial charge in [0.15, 0.2) is 0 Å². The summed E-state index contributed by atoms with van der Waals surface area (Å²) in [7, 11) is 0. The molecule has 1 nitrogen and oxygen atoms in total. The summed E-state index contributed by atoms with van der Waals surface area (Å²) in [5.41, 5.74) is 13.3. The van der Waals surface area contributed by atoms with Crippen molar-refractivity contribution in [3.63, 3.8) is 0 Å². The second-order valence-electron chi connectivity index (χ2n) is 5.66. The minimum absolute atomic E-state index is 0.152. The van der Waals surface area contributed by atoms with Gasteiger partial charge >= 0.3 is 0 Å². The zero-order valence-electron chi connectivity index (χ0n) is 11.7. The smallest absolute Gasteiger partial charge is 0.0320 e. The number of rotatable bonds is 3. The highest BCUT2D eigenvalue weighted by Crippen LogP contribution is 2.38. The summed E-state index contributed by atoms with van der Waals surface area (Å²) in [6, 6.07) is 15.6. The standard InChI is InChI=1S/C18H21N/c1-3-12(2)18(19)14-8-9-17-15(11-14)10-13-6-4-5-7-16(13)17/h4-9,11-12,18H,3,10,19H2,1-2H3/t12?,18-/m1/s1. The van der Waals surface area contributed by atoms with Crippen molar-refractivity contribution < 1.29 is 0 Å². The van der Waals surface area contributed by atoms with E-state index in [9.17, 15) is 0 Å². The Hall–Kier alpha value is -1.60. The zero-order chi connectivity index (χ0) is 13.4. The zero-order valence-corrected chi connectivity index (χ0v) is 11.7. The van der Waals surface area contributed by atoms with Crippen LogP contribution in [-0.2, 0) is 6.42 Å². The summed E-state index contributed by atoms with van der Waals surface area (Å²) < 4.78 is 0. The lowest BCUT2D eigenvalue weighted by Crippen LogP contribution is -2.18. The molecule has 1 aliphatic rings. The fraction of sp³-hybridized carbons (Fsp3) is 0.333. The molecule has 0 saturated carbocycles. The third-order valence-electron chi connectivity index (χ3n) is 4.46. The van der Waals surface area contributed by atoms with Crippen LogP contribution in [0, 0.1) is 5.92 Å². The van der Waals surface area contributed by atoms with Crippen LogP contribution in [0.5, 0.6) is 0 Å². The molecule has 2 atom stereocenters. The first-order valence-corrected chi connectivity index (χ1v) is 7.17. The lowest BCUT2D eigenvalue weighted by molar-refractivity contribution is 0.456. The van der Waals surface area contributed by atoms with Crippen molar-refractivity contribution in [2.24, 2.45) is 11.7 Å². The summed E-state index contributed by atoms with van der Waals surface area (Å²) in [5.74, 6) is 0.529. The van der Waals surface area contributed by atoms with Crippen LogP contribution in [0.25, 0.3) is 11.1 Å². The molecule has 0 amide bonds. The summed E-state index contributed by atoms with van der Waals surface area (Å²) in [6.45, 7) is 4.43. The Kier molecular flexibility index (Phi) is 3.16. The molecule has 3 rings (SSSR count). The molecule has 0 bridgehead atoms. The van der Waals surface area contributed by atoms with Gasteiger partial charge in [0.05, 0.1) is 0 Å². The number of nitrogens with two attached hydrogens (primary N) is 1. The highest BCUT2D eigenvalue weighted by Gasteiger charge is 2.20. The quantitative estimate of drug-likeness (QED) is 0.737. The van der Waals surface area contributed by atoms with Crippen LogP contribution < -0.4 is 5.73 Å². The molecule has 19 heavy (non-hydrogen) atoms. The predicted octanol–water partition coefficient (Wildman–Crippen LogP) is 4.30. The topological polar surface area (TPSA) is 26.0 Å². The van der Waals surface area contributed by atoms with Crippen LogP contribution in [0.4, 0.5) is 0 Å².